The van der Waals surface area contributed by atoms with E-state index in [1.807, 2.05) is 36.3 Å². The van der Waals surface area contributed by atoms with Crippen LogP contribution < -0.4 is 10.6 Å². The topological polar surface area (TPSA) is 70.6 Å². The first-order chi connectivity index (χ1) is 13.3. The third kappa shape index (κ3) is 5.85. The number of hydrogen-bond acceptors (Lipinski definition) is 4. The molecule has 0 saturated carbocycles. The Balaban J connectivity index is 1.50. The molecule has 0 aromatic carbocycles. The lowest BCUT2D eigenvalue weighted by Gasteiger charge is -2.33. The fourth-order valence-corrected chi connectivity index (χ4v) is 3.60. The monoisotopic (exact) mass is 372 g/mol. The summed E-state index contributed by atoms with van der Waals surface area (Å²) in [7, 11) is 1.82. The first-order valence-electron chi connectivity index (χ1n) is 9.95. The molecular weight excluding hydrogens is 340 g/mol. The zero-order valence-electron chi connectivity index (χ0n) is 16.5. The smallest absolute Gasteiger partial charge is 0.191 e. The summed E-state index contributed by atoms with van der Waals surface area (Å²) >= 11 is 0. The normalized spacial score (nSPS) is 18.2. The average molecular weight is 373 g/mol. The Morgan fingerprint density at radius 1 is 1.22 bits per heavy atom. The molecule has 3 rings (SSSR count). The van der Waals surface area contributed by atoms with E-state index in [2.05, 4.69) is 38.6 Å². The number of guanidine groups is 1. The maximum Gasteiger partial charge on any atom is 0.191 e. The SMILES string of the molecule is CN=C(NCC(C)Cn1cccn1)NCC(c1ccco1)N1CCCCC1. The van der Waals surface area contributed by atoms with Gasteiger partial charge in [-0.25, -0.2) is 0 Å². The number of rotatable bonds is 8. The Bertz CT molecular complexity index is 661. The van der Waals surface area contributed by atoms with Crippen molar-refractivity contribution in [2.45, 2.75) is 38.8 Å². The van der Waals surface area contributed by atoms with E-state index < -0.39 is 0 Å². The van der Waals surface area contributed by atoms with Gasteiger partial charge in [-0.1, -0.05) is 13.3 Å². The van der Waals surface area contributed by atoms with Gasteiger partial charge in [0, 0.05) is 39.1 Å². The van der Waals surface area contributed by atoms with Gasteiger partial charge in [0.1, 0.15) is 5.76 Å². The highest BCUT2D eigenvalue weighted by Gasteiger charge is 2.24. The van der Waals surface area contributed by atoms with E-state index in [0.29, 0.717) is 5.92 Å². The van der Waals surface area contributed by atoms with Crippen molar-refractivity contribution in [1.82, 2.24) is 25.3 Å². The molecule has 1 aliphatic rings. The van der Waals surface area contributed by atoms with Crippen LogP contribution in [0, 0.1) is 5.92 Å². The van der Waals surface area contributed by atoms with Gasteiger partial charge in [-0.15, -0.1) is 0 Å². The van der Waals surface area contributed by atoms with Crippen molar-refractivity contribution < 1.29 is 4.42 Å². The maximum absolute atomic E-state index is 5.72. The Morgan fingerprint density at radius 3 is 2.70 bits per heavy atom. The number of nitrogens with one attached hydrogen (secondary N) is 2. The number of hydrogen-bond donors (Lipinski definition) is 2. The van der Waals surface area contributed by atoms with Crippen molar-refractivity contribution in [2.75, 3.05) is 33.2 Å². The van der Waals surface area contributed by atoms with Gasteiger partial charge in [0.25, 0.3) is 0 Å². The average Bonchev–Trinajstić information content (AvgIpc) is 3.39. The van der Waals surface area contributed by atoms with Gasteiger partial charge >= 0.3 is 0 Å². The molecule has 0 aliphatic carbocycles. The second kappa shape index (κ2) is 10.2. The largest absolute Gasteiger partial charge is 0.468 e. The Morgan fingerprint density at radius 2 is 2.04 bits per heavy atom. The molecule has 2 aromatic rings. The van der Waals surface area contributed by atoms with Crippen LogP contribution in [0.4, 0.5) is 0 Å². The molecule has 2 unspecified atom stereocenters. The van der Waals surface area contributed by atoms with Crippen LogP contribution in [0.3, 0.4) is 0 Å². The molecule has 7 heteroatoms. The van der Waals surface area contributed by atoms with Crippen LogP contribution in [-0.2, 0) is 6.54 Å². The minimum atomic E-state index is 0.236. The molecule has 148 valence electrons. The standard InChI is InChI=1S/C20H32N6O/c1-17(16-26-12-7-9-24-26)14-22-20(21-2)23-15-18(19-8-6-13-27-19)25-10-4-3-5-11-25/h6-9,12-13,17-18H,3-5,10-11,14-16H2,1-2H3,(H2,21,22,23). The molecule has 2 N–H and O–H groups in total. The quantitative estimate of drug-likeness (QED) is 0.550. The molecule has 1 saturated heterocycles. The molecular formula is C20H32N6O. The summed E-state index contributed by atoms with van der Waals surface area (Å²) in [4.78, 5) is 6.90. The van der Waals surface area contributed by atoms with E-state index in [0.717, 1.165) is 44.4 Å². The van der Waals surface area contributed by atoms with Crippen LogP contribution >= 0.6 is 0 Å². The van der Waals surface area contributed by atoms with E-state index in [1.54, 1.807) is 6.26 Å². The molecule has 1 aliphatic heterocycles. The van der Waals surface area contributed by atoms with Crippen LogP contribution in [0.25, 0.3) is 0 Å². The summed E-state index contributed by atoms with van der Waals surface area (Å²) in [5, 5.41) is 11.2. The molecule has 0 amide bonds. The number of furan rings is 1. The summed E-state index contributed by atoms with van der Waals surface area (Å²) in [6.07, 6.45) is 9.42. The van der Waals surface area contributed by atoms with Gasteiger partial charge in [0.2, 0.25) is 0 Å². The molecule has 7 nitrogen and oxygen atoms in total. The third-order valence-electron chi connectivity index (χ3n) is 5.07. The highest BCUT2D eigenvalue weighted by molar-refractivity contribution is 5.79. The predicted octanol–water partition coefficient (Wildman–Crippen LogP) is 2.50. The zero-order valence-corrected chi connectivity index (χ0v) is 16.5. The second-order valence-electron chi connectivity index (χ2n) is 7.30. The lowest BCUT2D eigenvalue weighted by molar-refractivity contribution is 0.146. The van der Waals surface area contributed by atoms with Gasteiger partial charge in [-0.2, -0.15) is 5.10 Å². The minimum Gasteiger partial charge on any atom is -0.468 e. The van der Waals surface area contributed by atoms with Gasteiger partial charge in [0.15, 0.2) is 5.96 Å². The molecule has 27 heavy (non-hydrogen) atoms. The van der Waals surface area contributed by atoms with Crippen LogP contribution in [0.5, 0.6) is 0 Å². The molecule has 2 atom stereocenters. The molecule has 0 bridgehead atoms. The van der Waals surface area contributed by atoms with Gasteiger partial charge < -0.3 is 15.1 Å². The first-order valence-corrected chi connectivity index (χ1v) is 9.95. The van der Waals surface area contributed by atoms with Crippen molar-refractivity contribution in [3.05, 3.63) is 42.6 Å². The third-order valence-corrected chi connectivity index (χ3v) is 5.07. The van der Waals surface area contributed by atoms with Crippen molar-refractivity contribution >= 4 is 5.96 Å². The van der Waals surface area contributed by atoms with Crippen LogP contribution in [0.15, 0.2) is 46.3 Å². The van der Waals surface area contributed by atoms with Crippen LogP contribution in [-0.4, -0.2) is 53.9 Å². The van der Waals surface area contributed by atoms with Crippen LogP contribution in [0.1, 0.15) is 38.0 Å². The van der Waals surface area contributed by atoms with Gasteiger partial charge in [-0.05, 0) is 50.0 Å². The summed E-state index contributed by atoms with van der Waals surface area (Å²) in [5.74, 6) is 2.30. The number of aromatic nitrogens is 2. The highest BCUT2D eigenvalue weighted by atomic mass is 16.3. The number of nitrogens with zero attached hydrogens (tertiary/aromatic N) is 4. The molecule has 3 heterocycles. The minimum absolute atomic E-state index is 0.236. The number of aliphatic imine (C=N–C) groups is 1. The van der Waals surface area contributed by atoms with Gasteiger partial charge in [-0.3, -0.25) is 14.6 Å². The molecule has 1 fully saturated rings. The van der Waals surface area contributed by atoms with E-state index in [9.17, 15) is 0 Å². The van der Waals surface area contributed by atoms with Crippen molar-refractivity contribution in [3.63, 3.8) is 0 Å². The van der Waals surface area contributed by atoms with E-state index in [1.165, 1.54) is 19.3 Å². The van der Waals surface area contributed by atoms with Crippen molar-refractivity contribution in [3.8, 4) is 0 Å². The summed E-state index contributed by atoms with van der Waals surface area (Å²) in [6.45, 7) is 6.97. The molecule has 0 radical (unpaired) electrons. The van der Waals surface area contributed by atoms with Crippen molar-refractivity contribution in [2.24, 2.45) is 10.9 Å². The zero-order chi connectivity index (χ0) is 18.9. The van der Waals surface area contributed by atoms with Crippen molar-refractivity contribution in [1.29, 1.82) is 0 Å². The Labute approximate surface area is 161 Å². The van der Waals surface area contributed by atoms with E-state index >= 15 is 0 Å². The van der Waals surface area contributed by atoms with E-state index in [4.69, 9.17) is 4.42 Å². The molecule has 2 aromatic heterocycles. The first kappa shape index (κ1) is 19.5. The van der Waals surface area contributed by atoms with E-state index in [-0.39, 0.29) is 6.04 Å². The number of likely N-dealkylation sites (tertiary alicyclic amines) is 1. The second-order valence-corrected chi connectivity index (χ2v) is 7.30. The summed E-state index contributed by atoms with van der Waals surface area (Å²) in [6, 6.07) is 6.23. The lowest BCUT2D eigenvalue weighted by atomic mass is 10.1. The lowest BCUT2D eigenvalue weighted by Crippen LogP contribution is -2.45. The Kier molecular flexibility index (Phi) is 7.33. The fraction of sp³-hybridized carbons (Fsp3) is 0.600. The highest BCUT2D eigenvalue weighted by Crippen LogP contribution is 2.24. The summed E-state index contributed by atoms with van der Waals surface area (Å²) in [5.41, 5.74) is 0. The van der Waals surface area contributed by atoms with Gasteiger partial charge in [0.05, 0.1) is 12.3 Å². The fourth-order valence-electron chi connectivity index (χ4n) is 3.60. The Hall–Kier alpha value is -2.28. The maximum atomic E-state index is 5.72. The predicted molar refractivity (Wildman–Crippen MR) is 108 cm³/mol. The molecule has 0 spiro atoms. The number of piperidine rings is 1. The summed E-state index contributed by atoms with van der Waals surface area (Å²) < 4.78 is 7.68. The van der Waals surface area contributed by atoms with Crippen LogP contribution in [0.2, 0.25) is 0 Å².